The van der Waals surface area contributed by atoms with E-state index < -0.39 is 0 Å². The highest BCUT2D eigenvalue weighted by Gasteiger charge is 2.09. The standard InChI is InChI=1S/C17H20N2O2/c1-3-20-16-10-13(17(18)19)8-9-15(16)21-11-14-7-5-4-6-12(14)2/h4-10H,3,11H2,1-2H3,(H3,18,19). The average Bonchev–Trinajstić information content (AvgIpc) is 2.47. The molecule has 0 spiro atoms. The van der Waals surface area contributed by atoms with E-state index in [1.165, 1.54) is 5.56 Å². The van der Waals surface area contributed by atoms with E-state index in [0.717, 1.165) is 5.56 Å². The molecule has 0 saturated heterocycles. The van der Waals surface area contributed by atoms with Gasteiger partial charge in [-0.3, -0.25) is 5.41 Å². The van der Waals surface area contributed by atoms with Gasteiger partial charge in [0.05, 0.1) is 6.61 Å². The van der Waals surface area contributed by atoms with E-state index in [4.69, 9.17) is 20.6 Å². The molecule has 2 aromatic carbocycles. The Balaban J connectivity index is 2.19. The quantitative estimate of drug-likeness (QED) is 0.632. The molecule has 4 heteroatoms. The van der Waals surface area contributed by atoms with Gasteiger partial charge < -0.3 is 15.2 Å². The predicted molar refractivity (Wildman–Crippen MR) is 84.1 cm³/mol. The molecule has 3 N–H and O–H groups in total. The lowest BCUT2D eigenvalue weighted by Crippen LogP contribution is -2.11. The number of amidine groups is 1. The summed E-state index contributed by atoms with van der Waals surface area (Å²) in [6.45, 7) is 4.97. The fraction of sp³-hybridized carbons (Fsp3) is 0.235. The molecular formula is C17H20N2O2. The summed E-state index contributed by atoms with van der Waals surface area (Å²) in [6, 6.07) is 13.4. The second-order valence-electron chi connectivity index (χ2n) is 4.72. The van der Waals surface area contributed by atoms with Crippen LogP contribution >= 0.6 is 0 Å². The van der Waals surface area contributed by atoms with Gasteiger partial charge in [-0.05, 0) is 43.2 Å². The summed E-state index contributed by atoms with van der Waals surface area (Å²) in [5, 5.41) is 7.48. The first-order chi connectivity index (χ1) is 10.1. The van der Waals surface area contributed by atoms with Crippen LogP contribution in [0.5, 0.6) is 11.5 Å². The van der Waals surface area contributed by atoms with Crippen LogP contribution in [0.2, 0.25) is 0 Å². The normalized spacial score (nSPS) is 10.2. The van der Waals surface area contributed by atoms with Gasteiger partial charge >= 0.3 is 0 Å². The summed E-state index contributed by atoms with van der Waals surface area (Å²) in [5.41, 5.74) is 8.45. The number of hydrogen-bond donors (Lipinski definition) is 2. The molecule has 110 valence electrons. The molecule has 0 heterocycles. The third kappa shape index (κ3) is 3.75. The summed E-state index contributed by atoms with van der Waals surface area (Å²) in [5.74, 6) is 1.28. The van der Waals surface area contributed by atoms with E-state index >= 15 is 0 Å². The largest absolute Gasteiger partial charge is 0.490 e. The van der Waals surface area contributed by atoms with Crippen molar-refractivity contribution in [1.29, 1.82) is 5.41 Å². The van der Waals surface area contributed by atoms with E-state index in [-0.39, 0.29) is 5.84 Å². The van der Waals surface area contributed by atoms with Gasteiger partial charge in [0.25, 0.3) is 0 Å². The highest BCUT2D eigenvalue weighted by molar-refractivity contribution is 5.95. The maximum atomic E-state index is 7.48. The lowest BCUT2D eigenvalue weighted by atomic mass is 10.1. The maximum Gasteiger partial charge on any atom is 0.161 e. The lowest BCUT2D eigenvalue weighted by molar-refractivity contribution is 0.269. The number of benzene rings is 2. The molecule has 0 aromatic heterocycles. The molecule has 0 bridgehead atoms. The van der Waals surface area contributed by atoms with Crippen LogP contribution in [0.1, 0.15) is 23.6 Å². The molecular weight excluding hydrogens is 264 g/mol. The number of nitrogens with two attached hydrogens (primary N) is 1. The van der Waals surface area contributed by atoms with Crippen LogP contribution < -0.4 is 15.2 Å². The summed E-state index contributed by atoms with van der Waals surface area (Å²) in [6.07, 6.45) is 0. The zero-order valence-corrected chi connectivity index (χ0v) is 12.3. The van der Waals surface area contributed by atoms with E-state index in [0.29, 0.717) is 30.3 Å². The van der Waals surface area contributed by atoms with Crippen molar-refractivity contribution in [3.8, 4) is 11.5 Å². The Bertz CT molecular complexity index is 638. The minimum atomic E-state index is 0.0152. The molecule has 0 unspecified atom stereocenters. The molecule has 0 aliphatic rings. The Kier molecular flexibility index (Phi) is 4.82. The van der Waals surface area contributed by atoms with E-state index in [1.807, 2.05) is 25.1 Å². The first-order valence-electron chi connectivity index (χ1n) is 6.90. The minimum Gasteiger partial charge on any atom is -0.490 e. The highest BCUT2D eigenvalue weighted by atomic mass is 16.5. The molecule has 2 aromatic rings. The van der Waals surface area contributed by atoms with Crippen LogP contribution in [0.3, 0.4) is 0 Å². The number of nitrogens with one attached hydrogen (secondary N) is 1. The number of nitrogen functional groups attached to an aromatic ring is 1. The molecule has 0 aliphatic carbocycles. The van der Waals surface area contributed by atoms with Crippen LogP contribution in [0.4, 0.5) is 0 Å². The minimum absolute atomic E-state index is 0.0152. The van der Waals surface area contributed by atoms with Crippen molar-refractivity contribution in [2.24, 2.45) is 5.73 Å². The molecule has 0 radical (unpaired) electrons. The fourth-order valence-corrected chi connectivity index (χ4v) is 1.99. The molecule has 21 heavy (non-hydrogen) atoms. The van der Waals surface area contributed by atoms with Gasteiger partial charge in [-0.25, -0.2) is 0 Å². The number of aryl methyl sites for hydroxylation is 1. The summed E-state index contributed by atoms with van der Waals surface area (Å²) >= 11 is 0. The van der Waals surface area contributed by atoms with Gasteiger partial charge in [-0.2, -0.15) is 0 Å². The second kappa shape index (κ2) is 6.79. The van der Waals surface area contributed by atoms with Gasteiger partial charge in [-0.1, -0.05) is 24.3 Å². The zero-order valence-electron chi connectivity index (χ0n) is 12.3. The molecule has 0 saturated carbocycles. The van der Waals surface area contributed by atoms with E-state index in [2.05, 4.69) is 13.0 Å². The van der Waals surface area contributed by atoms with Crippen LogP contribution in [0.25, 0.3) is 0 Å². The Morgan fingerprint density at radius 1 is 1.10 bits per heavy atom. The predicted octanol–water partition coefficient (Wildman–Crippen LogP) is 3.26. The monoisotopic (exact) mass is 284 g/mol. The Morgan fingerprint density at radius 3 is 2.52 bits per heavy atom. The summed E-state index contributed by atoms with van der Waals surface area (Å²) < 4.78 is 11.4. The van der Waals surface area contributed by atoms with Crippen molar-refractivity contribution in [2.75, 3.05) is 6.61 Å². The van der Waals surface area contributed by atoms with Crippen molar-refractivity contribution >= 4 is 5.84 Å². The van der Waals surface area contributed by atoms with E-state index in [1.54, 1.807) is 18.2 Å². The molecule has 0 amide bonds. The van der Waals surface area contributed by atoms with Gasteiger partial charge in [0, 0.05) is 5.56 Å². The third-order valence-corrected chi connectivity index (χ3v) is 3.20. The van der Waals surface area contributed by atoms with Crippen molar-refractivity contribution in [3.63, 3.8) is 0 Å². The van der Waals surface area contributed by atoms with Gasteiger partial charge in [0.2, 0.25) is 0 Å². The lowest BCUT2D eigenvalue weighted by Gasteiger charge is -2.14. The maximum absolute atomic E-state index is 7.48. The topological polar surface area (TPSA) is 68.3 Å². The first kappa shape index (κ1) is 14.9. The fourth-order valence-electron chi connectivity index (χ4n) is 1.99. The third-order valence-electron chi connectivity index (χ3n) is 3.20. The van der Waals surface area contributed by atoms with Crippen LogP contribution in [-0.4, -0.2) is 12.4 Å². The first-order valence-corrected chi connectivity index (χ1v) is 6.90. The van der Waals surface area contributed by atoms with Crippen LogP contribution in [0.15, 0.2) is 42.5 Å². The van der Waals surface area contributed by atoms with E-state index in [9.17, 15) is 0 Å². The molecule has 0 aliphatic heterocycles. The number of hydrogen-bond acceptors (Lipinski definition) is 3. The highest BCUT2D eigenvalue weighted by Crippen LogP contribution is 2.29. The van der Waals surface area contributed by atoms with Gasteiger partial charge in [0.15, 0.2) is 11.5 Å². The molecule has 2 rings (SSSR count). The Morgan fingerprint density at radius 2 is 1.86 bits per heavy atom. The molecule has 0 fully saturated rings. The zero-order chi connectivity index (χ0) is 15.2. The average molecular weight is 284 g/mol. The van der Waals surface area contributed by atoms with Gasteiger partial charge in [0.1, 0.15) is 12.4 Å². The number of rotatable bonds is 6. The van der Waals surface area contributed by atoms with Crippen LogP contribution in [-0.2, 0) is 6.61 Å². The Hall–Kier alpha value is -2.49. The van der Waals surface area contributed by atoms with Gasteiger partial charge in [-0.15, -0.1) is 0 Å². The van der Waals surface area contributed by atoms with Crippen molar-refractivity contribution in [2.45, 2.75) is 20.5 Å². The molecule has 4 nitrogen and oxygen atoms in total. The number of ether oxygens (including phenoxy) is 2. The van der Waals surface area contributed by atoms with Crippen molar-refractivity contribution in [1.82, 2.24) is 0 Å². The molecule has 0 atom stereocenters. The summed E-state index contributed by atoms with van der Waals surface area (Å²) in [4.78, 5) is 0. The van der Waals surface area contributed by atoms with Crippen molar-refractivity contribution in [3.05, 3.63) is 59.2 Å². The SMILES string of the molecule is CCOc1cc(C(=N)N)ccc1OCc1ccccc1C. The second-order valence-corrected chi connectivity index (χ2v) is 4.72. The van der Waals surface area contributed by atoms with Crippen LogP contribution in [0, 0.1) is 12.3 Å². The summed E-state index contributed by atoms with van der Waals surface area (Å²) in [7, 11) is 0. The Labute approximate surface area is 125 Å². The smallest absolute Gasteiger partial charge is 0.161 e. The van der Waals surface area contributed by atoms with Crippen molar-refractivity contribution < 1.29 is 9.47 Å².